The highest BCUT2D eigenvalue weighted by Crippen LogP contribution is 2.18. The highest BCUT2D eigenvalue weighted by Gasteiger charge is 2.38. The Morgan fingerprint density at radius 2 is 1.22 bits per heavy atom. The van der Waals surface area contributed by atoms with Crippen LogP contribution in [0.5, 0.6) is 0 Å². The van der Waals surface area contributed by atoms with Crippen LogP contribution >= 0.6 is 0 Å². The fraction of sp³-hybridized carbons (Fsp3) is 0.733. The first-order chi connectivity index (χ1) is 10.4. The zero-order valence-corrected chi connectivity index (χ0v) is 14.9. The van der Waals surface area contributed by atoms with Crippen molar-refractivity contribution in [3.05, 3.63) is 0 Å². The highest BCUT2D eigenvalue weighted by molar-refractivity contribution is 5.98. The summed E-state index contributed by atoms with van der Waals surface area (Å²) in [6, 6.07) is 0. The summed E-state index contributed by atoms with van der Waals surface area (Å²) >= 11 is 0. The number of rotatable bonds is 5. The average molecular weight is 334 g/mol. The van der Waals surface area contributed by atoms with Gasteiger partial charge in [0.15, 0.2) is 5.41 Å². The summed E-state index contributed by atoms with van der Waals surface area (Å²) < 4.78 is 18.1. The molecule has 0 aromatic carbocycles. The van der Waals surface area contributed by atoms with Gasteiger partial charge in [0.2, 0.25) is 0 Å². The minimum Gasteiger partial charge on any atom is -0.469 e. The Balaban J connectivity index is 0. The van der Waals surface area contributed by atoms with Crippen LogP contribution in [-0.4, -0.2) is 51.3 Å². The number of esters is 4. The second-order valence-electron chi connectivity index (χ2n) is 5.23. The summed E-state index contributed by atoms with van der Waals surface area (Å²) in [5.74, 6) is -2.37. The number of carbonyl (C=O) groups excluding carboxylic acids is 4. The van der Waals surface area contributed by atoms with Gasteiger partial charge in [-0.1, -0.05) is 0 Å². The van der Waals surface area contributed by atoms with Gasteiger partial charge < -0.3 is 18.9 Å². The molecular formula is C15H26O8. The zero-order valence-electron chi connectivity index (χ0n) is 14.9. The van der Waals surface area contributed by atoms with Crippen LogP contribution in [0.3, 0.4) is 0 Å². The quantitative estimate of drug-likeness (QED) is 0.418. The Labute approximate surface area is 136 Å². The Morgan fingerprint density at radius 3 is 1.48 bits per heavy atom. The lowest BCUT2D eigenvalue weighted by atomic mass is 9.94. The third kappa shape index (κ3) is 8.18. The summed E-state index contributed by atoms with van der Waals surface area (Å²) in [6.07, 6.45) is -0.435. The van der Waals surface area contributed by atoms with Gasteiger partial charge in [0.25, 0.3) is 0 Å². The van der Waals surface area contributed by atoms with E-state index in [9.17, 15) is 19.2 Å². The van der Waals surface area contributed by atoms with Gasteiger partial charge in [-0.05, 0) is 27.7 Å². The van der Waals surface area contributed by atoms with Crippen LogP contribution in [-0.2, 0) is 38.1 Å². The zero-order chi connectivity index (χ0) is 18.8. The van der Waals surface area contributed by atoms with Crippen molar-refractivity contribution in [1.29, 1.82) is 0 Å². The van der Waals surface area contributed by atoms with Crippen LogP contribution in [0.1, 0.15) is 34.6 Å². The molecule has 0 aliphatic rings. The molecule has 8 heteroatoms. The number of hydrogen-bond acceptors (Lipinski definition) is 8. The van der Waals surface area contributed by atoms with E-state index in [2.05, 4.69) is 14.2 Å². The lowest BCUT2D eigenvalue weighted by Gasteiger charge is -2.17. The maximum atomic E-state index is 10.9. The predicted octanol–water partition coefficient (Wildman–Crippen LogP) is 1.11. The second-order valence-corrected chi connectivity index (χ2v) is 5.23. The fourth-order valence-corrected chi connectivity index (χ4v) is 1.34. The molecule has 0 fully saturated rings. The molecule has 0 spiro atoms. The molecule has 0 aromatic rings. The van der Waals surface area contributed by atoms with E-state index in [1.807, 2.05) is 0 Å². The second kappa shape index (κ2) is 10.6. The van der Waals surface area contributed by atoms with E-state index in [0.717, 1.165) is 0 Å². The van der Waals surface area contributed by atoms with Gasteiger partial charge in [-0.15, -0.1) is 0 Å². The van der Waals surface area contributed by atoms with Gasteiger partial charge in [0.05, 0.1) is 27.2 Å². The molecule has 134 valence electrons. The van der Waals surface area contributed by atoms with Gasteiger partial charge in [-0.25, -0.2) is 0 Å². The molecule has 0 radical (unpaired) electrons. The fourth-order valence-electron chi connectivity index (χ4n) is 1.34. The minimum atomic E-state index is -1.20. The van der Waals surface area contributed by atoms with Crippen LogP contribution in [0.2, 0.25) is 0 Å². The molecular weight excluding hydrogens is 308 g/mol. The van der Waals surface area contributed by atoms with Gasteiger partial charge in [0, 0.05) is 6.92 Å². The van der Waals surface area contributed by atoms with Crippen molar-refractivity contribution in [2.45, 2.75) is 40.7 Å². The summed E-state index contributed by atoms with van der Waals surface area (Å²) in [5, 5.41) is 0. The maximum absolute atomic E-state index is 10.9. The van der Waals surface area contributed by atoms with E-state index in [1.165, 1.54) is 42.1 Å². The Hall–Kier alpha value is -2.12. The van der Waals surface area contributed by atoms with Gasteiger partial charge in [-0.3, -0.25) is 19.2 Å². The standard InChI is InChI=1S/C8H14O4.C7H12O4/c1-5(8(10)11-4)6(2)12-7(3)9;1-7(2,5(8)10-3)6(9)11-4/h5-6H,1-4H3;1-4H3. The first-order valence-electron chi connectivity index (χ1n) is 6.87. The number of carbonyl (C=O) groups is 4. The molecule has 0 rings (SSSR count). The first kappa shape index (κ1) is 23.2. The van der Waals surface area contributed by atoms with Crippen LogP contribution in [0, 0.1) is 11.3 Å². The molecule has 23 heavy (non-hydrogen) atoms. The third-order valence-corrected chi connectivity index (χ3v) is 3.02. The van der Waals surface area contributed by atoms with E-state index in [1.54, 1.807) is 13.8 Å². The molecule has 0 heterocycles. The van der Waals surface area contributed by atoms with Crippen molar-refractivity contribution in [2.24, 2.45) is 11.3 Å². The summed E-state index contributed by atoms with van der Waals surface area (Å²) in [7, 11) is 3.76. The largest absolute Gasteiger partial charge is 0.469 e. The average Bonchev–Trinajstić information content (AvgIpc) is 2.51. The Morgan fingerprint density at radius 1 is 0.826 bits per heavy atom. The highest BCUT2D eigenvalue weighted by atomic mass is 16.6. The van der Waals surface area contributed by atoms with Crippen LogP contribution in [0.15, 0.2) is 0 Å². The number of ether oxygens (including phenoxy) is 4. The molecule has 0 saturated carbocycles. The monoisotopic (exact) mass is 334 g/mol. The Bertz CT molecular complexity index is 409. The van der Waals surface area contributed by atoms with Crippen molar-refractivity contribution in [2.75, 3.05) is 21.3 Å². The smallest absolute Gasteiger partial charge is 0.322 e. The molecule has 2 unspecified atom stereocenters. The summed E-state index contributed by atoms with van der Waals surface area (Å²) in [4.78, 5) is 43.2. The van der Waals surface area contributed by atoms with Crippen molar-refractivity contribution in [3.63, 3.8) is 0 Å². The molecule has 8 nitrogen and oxygen atoms in total. The topological polar surface area (TPSA) is 105 Å². The van der Waals surface area contributed by atoms with Crippen LogP contribution < -0.4 is 0 Å². The van der Waals surface area contributed by atoms with Gasteiger partial charge >= 0.3 is 23.9 Å². The Kier molecular flexibility index (Phi) is 10.6. The lowest BCUT2D eigenvalue weighted by Crippen LogP contribution is -2.35. The lowest BCUT2D eigenvalue weighted by molar-refractivity contribution is -0.166. The molecule has 2 atom stereocenters. The van der Waals surface area contributed by atoms with E-state index in [0.29, 0.717) is 0 Å². The molecule has 0 bridgehead atoms. The van der Waals surface area contributed by atoms with Crippen molar-refractivity contribution >= 4 is 23.9 Å². The first-order valence-corrected chi connectivity index (χ1v) is 6.87. The molecule has 0 aliphatic heterocycles. The van der Waals surface area contributed by atoms with E-state index < -0.39 is 35.3 Å². The number of hydrogen-bond donors (Lipinski definition) is 0. The van der Waals surface area contributed by atoms with Crippen LogP contribution in [0.25, 0.3) is 0 Å². The van der Waals surface area contributed by atoms with Crippen LogP contribution in [0.4, 0.5) is 0 Å². The van der Waals surface area contributed by atoms with E-state index in [4.69, 9.17) is 4.74 Å². The van der Waals surface area contributed by atoms with E-state index >= 15 is 0 Å². The SMILES string of the molecule is COC(=O)C(C)(C)C(=O)OC.COC(=O)C(C)C(C)OC(C)=O. The number of methoxy groups -OCH3 is 3. The van der Waals surface area contributed by atoms with Gasteiger partial charge in [-0.2, -0.15) is 0 Å². The summed E-state index contributed by atoms with van der Waals surface area (Å²) in [6.45, 7) is 7.51. The normalized spacial score (nSPS) is 12.7. The maximum Gasteiger partial charge on any atom is 0.322 e. The third-order valence-electron chi connectivity index (χ3n) is 3.02. The molecule has 0 aliphatic carbocycles. The van der Waals surface area contributed by atoms with E-state index in [-0.39, 0.29) is 5.97 Å². The molecule has 0 N–H and O–H groups in total. The predicted molar refractivity (Wildman–Crippen MR) is 80.2 cm³/mol. The molecule has 0 saturated heterocycles. The summed E-state index contributed by atoms with van der Waals surface area (Å²) in [5.41, 5.74) is -1.20. The molecule has 0 aromatic heterocycles. The van der Waals surface area contributed by atoms with Crippen molar-refractivity contribution < 1.29 is 38.1 Å². The van der Waals surface area contributed by atoms with Gasteiger partial charge in [0.1, 0.15) is 6.10 Å². The van der Waals surface area contributed by atoms with Crippen molar-refractivity contribution in [3.8, 4) is 0 Å². The molecule has 0 amide bonds. The minimum absolute atomic E-state index is 0.372. The van der Waals surface area contributed by atoms with Crippen molar-refractivity contribution in [1.82, 2.24) is 0 Å².